The summed E-state index contributed by atoms with van der Waals surface area (Å²) in [5.74, 6) is 0.650. The molecule has 0 radical (unpaired) electrons. The SMILES string of the molecule is CCCOc1nc(N)nc(-c2ccc3ncccc3c2)n1. The summed E-state index contributed by atoms with van der Waals surface area (Å²) in [6, 6.07) is 9.95. The molecule has 2 heterocycles. The van der Waals surface area contributed by atoms with E-state index in [2.05, 4.69) is 19.9 Å². The molecule has 0 amide bonds. The molecule has 0 aliphatic carbocycles. The van der Waals surface area contributed by atoms with Crippen molar-refractivity contribution in [2.24, 2.45) is 0 Å². The second-order valence-corrected chi connectivity index (χ2v) is 4.56. The van der Waals surface area contributed by atoms with Crippen molar-refractivity contribution >= 4 is 16.9 Å². The molecule has 0 aliphatic heterocycles. The maximum Gasteiger partial charge on any atom is 0.321 e. The average Bonchev–Trinajstić information content (AvgIpc) is 2.52. The third-order valence-corrected chi connectivity index (χ3v) is 2.93. The summed E-state index contributed by atoms with van der Waals surface area (Å²) in [6.07, 6.45) is 2.64. The van der Waals surface area contributed by atoms with Gasteiger partial charge in [-0.3, -0.25) is 4.98 Å². The smallest absolute Gasteiger partial charge is 0.321 e. The van der Waals surface area contributed by atoms with Crippen LogP contribution in [0.4, 0.5) is 5.95 Å². The first-order valence-corrected chi connectivity index (χ1v) is 6.76. The van der Waals surface area contributed by atoms with Gasteiger partial charge in [-0.2, -0.15) is 15.0 Å². The van der Waals surface area contributed by atoms with E-state index in [0.29, 0.717) is 12.4 Å². The summed E-state index contributed by atoms with van der Waals surface area (Å²) in [5, 5.41) is 1.02. The summed E-state index contributed by atoms with van der Waals surface area (Å²) >= 11 is 0. The number of hydrogen-bond acceptors (Lipinski definition) is 6. The third kappa shape index (κ3) is 2.89. The normalized spacial score (nSPS) is 10.7. The van der Waals surface area contributed by atoms with Crippen molar-refractivity contribution in [1.82, 2.24) is 19.9 Å². The molecule has 0 spiro atoms. The van der Waals surface area contributed by atoms with Crippen molar-refractivity contribution in [3.05, 3.63) is 36.5 Å². The molecular weight excluding hydrogens is 266 g/mol. The van der Waals surface area contributed by atoms with E-state index in [1.807, 2.05) is 37.3 Å². The van der Waals surface area contributed by atoms with E-state index in [0.717, 1.165) is 22.9 Å². The monoisotopic (exact) mass is 281 g/mol. The van der Waals surface area contributed by atoms with Crippen molar-refractivity contribution < 1.29 is 4.74 Å². The van der Waals surface area contributed by atoms with Crippen LogP contribution in [0, 0.1) is 0 Å². The number of rotatable bonds is 4. The van der Waals surface area contributed by atoms with E-state index in [-0.39, 0.29) is 12.0 Å². The zero-order valence-corrected chi connectivity index (χ0v) is 11.7. The zero-order valence-electron chi connectivity index (χ0n) is 11.7. The molecule has 6 heteroatoms. The molecular formula is C15H15N5O. The second-order valence-electron chi connectivity index (χ2n) is 4.56. The Kier molecular flexibility index (Phi) is 3.59. The predicted molar refractivity (Wildman–Crippen MR) is 80.8 cm³/mol. The summed E-state index contributed by atoms with van der Waals surface area (Å²) in [5.41, 5.74) is 7.50. The number of nitrogens with zero attached hydrogens (tertiary/aromatic N) is 4. The third-order valence-electron chi connectivity index (χ3n) is 2.93. The Morgan fingerprint density at radius 1 is 1.14 bits per heavy atom. The zero-order chi connectivity index (χ0) is 14.7. The standard InChI is InChI=1S/C15H15N5O/c1-2-8-21-15-19-13(18-14(16)20-15)11-5-6-12-10(9-11)4-3-7-17-12/h3-7,9H,2,8H2,1H3,(H2,16,18,19,20). The lowest BCUT2D eigenvalue weighted by Crippen LogP contribution is -2.05. The second kappa shape index (κ2) is 5.70. The van der Waals surface area contributed by atoms with E-state index in [9.17, 15) is 0 Å². The molecule has 0 unspecified atom stereocenters. The Morgan fingerprint density at radius 2 is 2.05 bits per heavy atom. The summed E-state index contributed by atoms with van der Waals surface area (Å²) < 4.78 is 5.43. The van der Waals surface area contributed by atoms with Gasteiger partial charge in [0.25, 0.3) is 0 Å². The highest BCUT2D eigenvalue weighted by Crippen LogP contribution is 2.22. The van der Waals surface area contributed by atoms with Crippen LogP contribution in [0.5, 0.6) is 6.01 Å². The number of aromatic nitrogens is 4. The van der Waals surface area contributed by atoms with Crippen molar-refractivity contribution in [3.8, 4) is 17.4 Å². The molecule has 2 N–H and O–H groups in total. The highest BCUT2D eigenvalue weighted by molar-refractivity contribution is 5.83. The lowest BCUT2D eigenvalue weighted by Gasteiger charge is -2.06. The van der Waals surface area contributed by atoms with Gasteiger partial charge in [0.05, 0.1) is 12.1 Å². The molecule has 21 heavy (non-hydrogen) atoms. The van der Waals surface area contributed by atoms with E-state index in [1.165, 1.54) is 0 Å². The van der Waals surface area contributed by atoms with Crippen LogP contribution in [0.25, 0.3) is 22.3 Å². The fourth-order valence-electron chi connectivity index (χ4n) is 1.97. The first kappa shape index (κ1) is 13.2. The summed E-state index contributed by atoms with van der Waals surface area (Å²) in [7, 11) is 0. The Balaban J connectivity index is 2.02. The van der Waals surface area contributed by atoms with Crippen molar-refractivity contribution in [2.75, 3.05) is 12.3 Å². The molecule has 1 aromatic carbocycles. The van der Waals surface area contributed by atoms with Crippen LogP contribution in [-0.4, -0.2) is 26.5 Å². The van der Waals surface area contributed by atoms with Crippen LogP contribution in [-0.2, 0) is 0 Å². The molecule has 0 aliphatic rings. The van der Waals surface area contributed by atoms with Gasteiger partial charge in [0.15, 0.2) is 5.82 Å². The van der Waals surface area contributed by atoms with Gasteiger partial charge in [-0.05, 0) is 30.7 Å². The predicted octanol–water partition coefficient (Wildman–Crippen LogP) is 2.46. The Morgan fingerprint density at radius 3 is 2.90 bits per heavy atom. The molecule has 6 nitrogen and oxygen atoms in total. The lowest BCUT2D eigenvalue weighted by molar-refractivity contribution is 0.292. The number of anilines is 1. The van der Waals surface area contributed by atoms with E-state index in [1.54, 1.807) is 6.20 Å². The van der Waals surface area contributed by atoms with Gasteiger partial charge >= 0.3 is 6.01 Å². The molecule has 0 saturated carbocycles. The maximum atomic E-state index is 5.73. The minimum absolute atomic E-state index is 0.150. The Hall–Kier alpha value is -2.76. The number of nitrogen functional groups attached to an aromatic ring is 1. The average molecular weight is 281 g/mol. The van der Waals surface area contributed by atoms with Crippen LogP contribution in [0.3, 0.4) is 0 Å². The summed E-state index contributed by atoms with van der Waals surface area (Å²) in [4.78, 5) is 16.7. The van der Waals surface area contributed by atoms with E-state index < -0.39 is 0 Å². The number of hydrogen-bond donors (Lipinski definition) is 1. The molecule has 3 aromatic rings. The van der Waals surface area contributed by atoms with Crippen LogP contribution < -0.4 is 10.5 Å². The minimum Gasteiger partial charge on any atom is -0.463 e. The number of fused-ring (bicyclic) bond motifs is 1. The number of benzene rings is 1. The fourth-order valence-corrected chi connectivity index (χ4v) is 1.97. The van der Waals surface area contributed by atoms with Gasteiger partial charge in [-0.1, -0.05) is 13.0 Å². The van der Waals surface area contributed by atoms with Crippen molar-refractivity contribution in [1.29, 1.82) is 0 Å². The fraction of sp³-hybridized carbons (Fsp3) is 0.200. The van der Waals surface area contributed by atoms with E-state index >= 15 is 0 Å². The van der Waals surface area contributed by atoms with Crippen molar-refractivity contribution in [3.63, 3.8) is 0 Å². The van der Waals surface area contributed by atoms with Gasteiger partial charge in [0, 0.05) is 17.1 Å². The van der Waals surface area contributed by atoms with Crippen LogP contribution in [0.1, 0.15) is 13.3 Å². The summed E-state index contributed by atoms with van der Waals surface area (Å²) in [6.45, 7) is 2.56. The lowest BCUT2D eigenvalue weighted by atomic mass is 10.1. The van der Waals surface area contributed by atoms with Crippen molar-refractivity contribution in [2.45, 2.75) is 13.3 Å². The number of nitrogens with two attached hydrogens (primary N) is 1. The maximum absolute atomic E-state index is 5.73. The molecule has 0 fully saturated rings. The largest absolute Gasteiger partial charge is 0.463 e. The Bertz CT molecular complexity index is 775. The number of pyridine rings is 1. The van der Waals surface area contributed by atoms with Gasteiger partial charge in [0.1, 0.15) is 0 Å². The molecule has 0 bridgehead atoms. The molecule has 106 valence electrons. The van der Waals surface area contributed by atoms with Gasteiger partial charge in [0.2, 0.25) is 5.95 Å². The van der Waals surface area contributed by atoms with Crippen LogP contribution in [0.15, 0.2) is 36.5 Å². The van der Waals surface area contributed by atoms with Gasteiger partial charge in [-0.15, -0.1) is 0 Å². The number of ether oxygens (including phenoxy) is 1. The first-order chi connectivity index (χ1) is 10.3. The van der Waals surface area contributed by atoms with Crippen LogP contribution >= 0.6 is 0 Å². The topological polar surface area (TPSA) is 86.8 Å². The van der Waals surface area contributed by atoms with Gasteiger partial charge < -0.3 is 10.5 Å². The molecule has 0 saturated heterocycles. The quantitative estimate of drug-likeness (QED) is 0.790. The highest BCUT2D eigenvalue weighted by Gasteiger charge is 2.08. The molecule has 0 atom stereocenters. The van der Waals surface area contributed by atoms with E-state index in [4.69, 9.17) is 10.5 Å². The Labute approximate surface area is 122 Å². The molecule has 3 rings (SSSR count). The van der Waals surface area contributed by atoms with Crippen LogP contribution in [0.2, 0.25) is 0 Å². The molecule has 2 aromatic heterocycles. The van der Waals surface area contributed by atoms with Gasteiger partial charge in [-0.25, -0.2) is 0 Å². The minimum atomic E-state index is 0.150. The first-order valence-electron chi connectivity index (χ1n) is 6.76. The highest BCUT2D eigenvalue weighted by atomic mass is 16.5.